The summed E-state index contributed by atoms with van der Waals surface area (Å²) in [5, 5.41) is 3.58. The Morgan fingerprint density at radius 3 is 2.83 bits per heavy atom. The van der Waals surface area contributed by atoms with Gasteiger partial charge in [0.2, 0.25) is 0 Å². The minimum atomic E-state index is -0.241. The molecule has 0 unspecified atom stereocenters. The van der Waals surface area contributed by atoms with E-state index in [1.807, 2.05) is 25.1 Å². The van der Waals surface area contributed by atoms with Crippen molar-refractivity contribution in [2.24, 2.45) is 4.90 Å². The van der Waals surface area contributed by atoms with E-state index in [0.29, 0.717) is 29.8 Å². The van der Waals surface area contributed by atoms with Gasteiger partial charge in [0.1, 0.15) is 17.8 Å². The number of nitrogens with zero attached hydrogens (tertiary/aromatic N) is 5. The van der Waals surface area contributed by atoms with E-state index >= 15 is 0 Å². The minimum Gasteiger partial charge on any atom is -0.383 e. The van der Waals surface area contributed by atoms with E-state index in [4.69, 9.17) is 5.73 Å². The number of anilines is 1. The lowest BCUT2D eigenvalue weighted by Gasteiger charge is -2.18. The van der Waals surface area contributed by atoms with Crippen molar-refractivity contribution in [1.82, 2.24) is 24.8 Å². The molecule has 3 aromatic heterocycles. The number of allylic oxidation sites excluding steroid dienone is 1. The van der Waals surface area contributed by atoms with Crippen molar-refractivity contribution in [3.8, 4) is 11.3 Å². The fourth-order valence-corrected chi connectivity index (χ4v) is 3.90. The van der Waals surface area contributed by atoms with Crippen LogP contribution in [0.1, 0.15) is 37.0 Å². The molecule has 1 saturated carbocycles. The van der Waals surface area contributed by atoms with Crippen LogP contribution in [-0.4, -0.2) is 38.6 Å². The Morgan fingerprint density at radius 2 is 2.17 bits per heavy atom. The van der Waals surface area contributed by atoms with E-state index in [0.717, 1.165) is 35.4 Å². The first-order chi connectivity index (χ1) is 14.0. The molecule has 4 heterocycles. The van der Waals surface area contributed by atoms with E-state index in [9.17, 15) is 4.79 Å². The monoisotopic (exact) mass is 385 g/mol. The van der Waals surface area contributed by atoms with Gasteiger partial charge in [0.05, 0.1) is 16.6 Å². The van der Waals surface area contributed by atoms with Crippen molar-refractivity contribution in [3.63, 3.8) is 0 Å². The fraction of sp³-hybridized carbons (Fsp3) is 0.250. The summed E-state index contributed by atoms with van der Waals surface area (Å²) < 4.78 is 2.14. The maximum absolute atomic E-state index is 13.5. The number of pyridine rings is 1. The molecule has 3 N–H and O–H groups in total. The molecule has 1 amide bonds. The van der Waals surface area contributed by atoms with Crippen LogP contribution in [0.4, 0.5) is 5.82 Å². The van der Waals surface area contributed by atoms with Crippen molar-refractivity contribution in [3.05, 3.63) is 48.1 Å². The van der Waals surface area contributed by atoms with Crippen molar-refractivity contribution < 1.29 is 4.79 Å². The molecule has 1 fully saturated rings. The van der Waals surface area contributed by atoms with Crippen molar-refractivity contribution in [1.29, 1.82) is 0 Å². The summed E-state index contributed by atoms with van der Waals surface area (Å²) >= 11 is 0. The van der Waals surface area contributed by atoms with Crippen LogP contribution in [0.5, 0.6) is 0 Å². The number of carbonyl (C=O) groups excluding carboxylic acids is 1. The van der Waals surface area contributed by atoms with E-state index in [1.165, 1.54) is 6.33 Å². The first kappa shape index (κ1) is 17.6. The number of nitrogens with one attached hydrogen (secondary N) is 1. The van der Waals surface area contributed by atoms with E-state index < -0.39 is 0 Å². The van der Waals surface area contributed by atoms with E-state index in [2.05, 4.69) is 36.7 Å². The zero-order chi connectivity index (χ0) is 20.2. The number of hydrogen-bond donors (Lipinski definition) is 2. The Bertz CT molecular complexity index is 1210. The molecule has 1 aliphatic heterocycles. The van der Waals surface area contributed by atoms with Crippen molar-refractivity contribution >= 4 is 35.9 Å². The number of aromatic nitrogens is 4. The summed E-state index contributed by atoms with van der Waals surface area (Å²) in [4.78, 5) is 30.8. The maximum atomic E-state index is 13.5. The first-order valence-corrected chi connectivity index (χ1v) is 9.57. The number of carbonyl (C=O) groups is 1. The van der Waals surface area contributed by atoms with Crippen LogP contribution in [0.3, 0.4) is 0 Å². The van der Waals surface area contributed by atoms with Gasteiger partial charge in [0.25, 0.3) is 5.91 Å². The smallest absolute Gasteiger partial charge is 0.312 e. The highest BCUT2D eigenvalue weighted by molar-refractivity contribution is 6.50. The molecule has 9 heteroatoms. The zero-order valence-electron chi connectivity index (χ0n) is 16.3. The molecule has 0 bridgehead atoms. The Kier molecular flexibility index (Phi) is 3.80. The van der Waals surface area contributed by atoms with Gasteiger partial charge in [-0.05, 0) is 44.9 Å². The van der Waals surface area contributed by atoms with Crippen LogP contribution in [0.25, 0.3) is 22.3 Å². The molecule has 0 spiro atoms. The molecular formula is C20H20BN7O. The van der Waals surface area contributed by atoms with Crippen LogP contribution in [0, 0.1) is 0 Å². The number of fused-ring (bicyclic) bond motifs is 1. The predicted octanol–water partition coefficient (Wildman–Crippen LogP) is 1.98. The largest absolute Gasteiger partial charge is 0.383 e. The lowest BCUT2D eigenvalue weighted by Crippen LogP contribution is -2.25. The third kappa shape index (κ3) is 2.81. The van der Waals surface area contributed by atoms with Crippen molar-refractivity contribution in [2.75, 3.05) is 5.73 Å². The number of nitrogen functional groups attached to an aromatic ring is 1. The Hall–Kier alpha value is -3.49. The SMILES string of the molecule is CC1=NBC(NC(=O)c2c(-c3cccnc3)n(C3(C)CC3)c3ncnc(N)c23)=C1. The molecule has 1 aliphatic carbocycles. The van der Waals surface area contributed by atoms with E-state index in [1.54, 1.807) is 12.4 Å². The van der Waals surface area contributed by atoms with Gasteiger partial charge in [-0.25, -0.2) is 9.97 Å². The lowest BCUT2D eigenvalue weighted by atomic mass is 9.92. The quantitative estimate of drug-likeness (QED) is 0.668. The summed E-state index contributed by atoms with van der Waals surface area (Å²) in [7, 11) is 0.460. The zero-order valence-corrected chi connectivity index (χ0v) is 16.3. The summed E-state index contributed by atoms with van der Waals surface area (Å²) in [6, 6.07) is 3.81. The number of rotatable bonds is 4. The van der Waals surface area contributed by atoms with Gasteiger partial charge in [-0.2, -0.15) is 0 Å². The third-order valence-electron chi connectivity index (χ3n) is 5.61. The second-order valence-electron chi connectivity index (χ2n) is 7.84. The Morgan fingerprint density at radius 1 is 1.34 bits per heavy atom. The molecule has 144 valence electrons. The normalized spacial score (nSPS) is 16.9. The van der Waals surface area contributed by atoms with Gasteiger partial charge in [-0.1, -0.05) is 0 Å². The highest BCUT2D eigenvalue weighted by Crippen LogP contribution is 2.49. The molecule has 8 nitrogen and oxygen atoms in total. The van der Waals surface area contributed by atoms with Gasteiger partial charge >= 0.3 is 7.41 Å². The van der Waals surface area contributed by atoms with Crippen LogP contribution in [0.15, 0.2) is 47.4 Å². The third-order valence-corrected chi connectivity index (χ3v) is 5.61. The number of hydrogen-bond acceptors (Lipinski definition) is 6. The van der Waals surface area contributed by atoms with Crippen LogP contribution in [-0.2, 0) is 5.54 Å². The van der Waals surface area contributed by atoms with Crippen molar-refractivity contribution in [2.45, 2.75) is 32.2 Å². The first-order valence-electron chi connectivity index (χ1n) is 9.57. The van der Waals surface area contributed by atoms with Gasteiger partial charge in [-0.3, -0.25) is 9.78 Å². The average Bonchev–Trinajstić information content (AvgIpc) is 3.15. The molecule has 0 radical (unpaired) electrons. The van der Waals surface area contributed by atoms with Gasteiger partial charge in [-0.15, -0.1) is 0 Å². The van der Waals surface area contributed by atoms with E-state index in [-0.39, 0.29) is 11.4 Å². The summed E-state index contributed by atoms with van der Waals surface area (Å²) in [5.74, 6) is 0.0515. The summed E-state index contributed by atoms with van der Waals surface area (Å²) in [5.41, 5.74) is 10.6. The Balaban J connectivity index is 1.78. The second kappa shape index (κ2) is 6.27. The topological polar surface area (TPSA) is 111 Å². The highest BCUT2D eigenvalue weighted by Gasteiger charge is 2.44. The van der Waals surface area contributed by atoms with Crippen LogP contribution >= 0.6 is 0 Å². The second-order valence-corrected chi connectivity index (χ2v) is 7.84. The Labute approximate surface area is 168 Å². The molecule has 29 heavy (non-hydrogen) atoms. The number of amides is 1. The molecule has 0 saturated heterocycles. The maximum Gasteiger partial charge on any atom is 0.312 e. The highest BCUT2D eigenvalue weighted by atomic mass is 16.1. The molecular weight excluding hydrogens is 365 g/mol. The van der Waals surface area contributed by atoms with Crippen LogP contribution in [0.2, 0.25) is 0 Å². The fourth-order valence-electron chi connectivity index (χ4n) is 3.90. The van der Waals surface area contributed by atoms with Gasteiger partial charge in [0, 0.05) is 34.8 Å². The van der Waals surface area contributed by atoms with Crippen LogP contribution < -0.4 is 11.1 Å². The minimum absolute atomic E-state index is 0.116. The molecule has 0 atom stereocenters. The standard InChI is InChI=1S/C20H20BN7O/c1-11-8-13(21-27-11)26-19(29)14-15-17(22)24-10-25-18(15)28(20(2)5-6-20)16(14)12-4-3-7-23-9-12/h3-4,7-10,21H,5-6H2,1-2H3,(H,26,29)(H2,22,24,25). The van der Waals surface area contributed by atoms with Gasteiger partial charge < -0.3 is 20.5 Å². The summed E-state index contributed by atoms with van der Waals surface area (Å²) in [6.07, 6.45) is 8.82. The molecule has 2 aliphatic rings. The molecule has 0 aromatic carbocycles. The molecule has 5 rings (SSSR count). The van der Waals surface area contributed by atoms with Gasteiger partial charge in [0.15, 0.2) is 0 Å². The predicted molar refractivity (Wildman–Crippen MR) is 114 cm³/mol. The summed E-state index contributed by atoms with van der Waals surface area (Å²) in [6.45, 7) is 4.08. The molecule has 3 aromatic rings. The lowest BCUT2D eigenvalue weighted by molar-refractivity contribution is 0.0970. The average molecular weight is 385 g/mol. The number of nitrogens with two attached hydrogens (primary N) is 1.